The zero-order chi connectivity index (χ0) is 23.5. The fourth-order valence-corrected chi connectivity index (χ4v) is 4.53. The van der Waals surface area contributed by atoms with E-state index in [1.807, 2.05) is 19.1 Å². The Kier molecular flexibility index (Phi) is 7.35. The van der Waals surface area contributed by atoms with Crippen molar-refractivity contribution in [3.05, 3.63) is 86.3 Å². The number of ether oxygens (including phenoxy) is 1. The van der Waals surface area contributed by atoms with Gasteiger partial charge in [-0.1, -0.05) is 47.5 Å². The number of hydrogen-bond donors (Lipinski definition) is 0. The van der Waals surface area contributed by atoms with Gasteiger partial charge in [0, 0.05) is 6.54 Å². The van der Waals surface area contributed by atoms with Gasteiger partial charge in [0.2, 0.25) is 10.0 Å². The van der Waals surface area contributed by atoms with Gasteiger partial charge in [-0.2, -0.15) is 14.1 Å². The number of esters is 1. The average molecular weight is 496 g/mol. The van der Waals surface area contributed by atoms with Crippen molar-refractivity contribution >= 4 is 39.2 Å². The Morgan fingerprint density at radius 3 is 2.41 bits per heavy atom. The van der Waals surface area contributed by atoms with Gasteiger partial charge >= 0.3 is 5.97 Å². The second-order valence-electron chi connectivity index (χ2n) is 6.79. The van der Waals surface area contributed by atoms with Crippen molar-refractivity contribution in [2.24, 2.45) is 0 Å². The van der Waals surface area contributed by atoms with Gasteiger partial charge in [-0.05, 0) is 42.3 Å². The lowest BCUT2D eigenvalue weighted by Crippen LogP contribution is -2.36. The van der Waals surface area contributed by atoms with E-state index in [-0.39, 0.29) is 21.5 Å². The van der Waals surface area contributed by atoms with Crippen molar-refractivity contribution in [1.29, 1.82) is 0 Å². The lowest BCUT2D eigenvalue weighted by Gasteiger charge is -2.22. The molecule has 3 rings (SSSR count). The Bertz CT molecular complexity index is 1310. The highest BCUT2D eigenvalue weighted by Gasteiger charge is 2.28. The molecule has 1 aromatic heterocycles. The fourth-order valence-electron chi connectivity index (χ4n) is 2.92. The Labute approximate surface area is 195 Å². The number of halogens is 2. The molecule has 0 aliphatic heterocycles. The van der Waals surface area contributed by atoms with Crippen molar-refractivity contribution in [3.63, 3.8) is 0 Å². The summed E-state index contributed by atoms with van der Waals surface area (Å²) in [6, 6.07) is 12.8. The number of carbonyl (C=O) groups is 1. The van der Waals surface area contributed by atoms with E-state index < -0.39 is 28.1 Å². The van der Waals surface area contributed by atoms with E-state index in [0.717, 1.165) is 20.1 Å². The largest absolute Gasteiger partial charge is 0.468 e. The van der Waals surface area contributed by atoms with Gasteiger partial charge < -0.3 is 4.74 Å². The molecule has 0 unspecified atom stereocenters. The number of aromatic nitrogens is 2. The van der Waals surface area contributed by atoms with Crippen LogP contribution in [-0.2, 0) is 26.1 Å². The van der Waals surface area contributed by atoms with Gasteiger partial charge in [-0.3, -0.25) is 9.59 Å². The zero-order valence-corrected chi connectivity index (χ0v) is 19.5. The normalized spacial score (nSPS) is 11.5. The average Bonchev–Trinajstić information content (AvgIpc) is 2.78. The van der Waals surface area contributed by atoms with Crippen LogP contribution in [0.4, 0.5) is 0 Å². The van der Waals surface area contributed by atoms with Crippen molar-refractivity contribution in [2.75, 3.05) is 13.7 Å². The molecule has 11 heteroatoms. The minimum atomic E-state index is -4.07. The van der Waals surface area contributed by atoms with Crippen molar-refractivity contribution in [1.82, 2.24) is 14.1 Å². The highest BCUT2D eigenvalue weighted by molar-refractivity contribution is 7.89. The molecule has 0 aliphatic carbocycles. The maximum atomic E-state index is 13.3. The Morgan fingerprint density at radius 2 is 1.78 bits per heavy atom. The summed E-state index contributed by atoms with van der Waals surface area (Å²) >= 11 is 11.7. The molecule has 0 radical (unpaired) electrons. The topological polar surface area (TPSA) is 98.6 Å². The molecule has 0 saturated heterocycles. The number of sulfonamides is 1. The standard InChI is InChI=1S/C21H19Cl2N3O5S/c1-14-5-3-4-6-15(14)12-25(13-19(27)31-2)32(29,30)17-9-7-16(8-10-17)26-21(28)20(23)18(22)11-24-26/h3-11H,12-13H2,1-2H3. The number of nitrogens with zero attached hydrogens (tertiary/aromatic N) is 3. The molecule has 0 amide bonds. The third kappa shape index (κ3) is 5.02. The van der Waals surface area contributed by atoms with E-state index in [2.05, 4.69) is 9.84 Å². The summed E-state index contributed by atoms with van der Waals surface area (Å²) < 4.78 is 33.3. The summed E-state index contributed by atoms with van der Waals surface area (Å²) in [7, 11) is -2.88. The van der Waals surface area contributed by atoms with Crippen LogP contribution < -0.4 is 5.56 Å². The molecule has 2 aromatic carbocycles. The van der Waals surface area contributed by atoms with E-state index in [1.54, 1.807) is 12.1 Å². The molecule has 0 N–H and O–H groups in total. The lowest BCUT2D eigenvalue weighted by atomic mass is 10.1. The number of hydrogen-bond acceptors (Lipinski definition) is 6. The quantitative estimate of drug-likeness (QED) is 0.466. The first-order chi connectivity index (χ1) is 15.1. The maximum absolute atomic E-state index is 13.3. The minimum absolute atomic E-state index is 0.0142. The Hall–Kier alpha value is -2.72. The third-order valence-corrected chi connectivity index (χ3v) is 7.29. The molecule has 0 saturated carbocycles. The number of methoxy groups -OCH3 is 1. The van der Waals surface area contributed by atoms with E-state index >= 15 is 0 Å². The van der Waals surface area contributed by atoms with E-state index in [9.17, 15) is 18.0 Å². The summed E-state index contributed by atoms with van der Waals surface area (Å²) in [5, 5.41) is 3.74. The van der Waals surface area contributed by atoms with Gasteiger partial charge in [-0.25, -0.2) is 8.42 Å². The van der Waals surface area contributed by atoms with Crippen LogP contribution in [0.5, 0.6) is 0 Å². The van der Waals surface area contributed by atoms with Gasteiger partial charge in [0.05, 0.1) is 28.9 Å². The van der Waals surface area contributed by atoms with Crippen LogP contribution in [0, 0.1) is 6.92 Å². The molecular formula is C21H19Cl2N3O5S. The minimum Gasteiger partial charge on any atom is -0.468 e. The van der Waals surface area contributed by atoms with Crippen LogP contribution in [-0.4, -0.2) is 42.1 Å². The highest BCUT2D eigenvalue weighted by atomic mass is 35.5. The number of benzene rings is 2. The molecule has 0 fully saturated rings. The molecule has 8 nitrogen and oxygen atoms in total. The molecule has 0 spiro atoms. The smallest absolute Gasteiger partial charge is 0.321 e. The fraction of sp³-hybridized carbons (Fsp3) is 0.190. The number of rotatable bonds is 7. The summed E-state index contributed by atoms with van der Waals surface area (Å²) in [4.78, 5) is 24.1. The van der Waals surface area contributed by atoms with Gasteiger partial charge in [0.1, 0.15) is 11.6 Å². The van der Waals surface area contributed by atoms with E-state index in [4.69, 9.17) is 23.2 Å². The molecular weight excluding hydrogens is 477 g/mol. The molecule has 0 atom stereocenters. The zero-order valence-electron chi connectivity index (χ0n) is 17.2. The van der Waals surface area contributed by atoms with Crippen molar-refractivity contribution in [3.8, 4) is 5.69 Å². The molecule has 3 aromatic rings. The molecule has 32 heavy (non-hydrogen) atoms. The van der Waals surface area contributed by atoms with Crippen LogP contribution in [0.2, 0.25) is 10.0 Å². The summed E-state index contributed by atoms with van der Waals surface area (Å²) in [6.07, 6.45) is 1.22. The predicted octanol–water partition coefficient (Wildman–Crippen LogP) is 3.21. The second kappa shape index (κ2) is 9.83. The summed E-state index contributed by atoms with van der Waals surface area (Å²) in [5.74, 6) is -0.690. The first kappa shape index (κ1) is 23.9. The first-order valence-electron chi connectivity index (χ1n) is 9.30. The van der Waals surface area contributed by atoms with Crippen LogP contribution in [0.1, 0.15) is 11.1 Å². The summed E-state index contributed by atoms with van der Waals surface area (Å²) in [5.41, 5.74) is 1.30. The first-order valence-corrected chi connectivity index (χ1v) is 11.5. The van der Waals surface area contributed by atoms with Gasteiger partial charge in [0.25, 0.3) is 5.56 Å². The maximum Gasteiger partial charge on any atom is 0.321 e. The number of carbonyl (C=O) groups excluding carboxylic acids is 1. The van der Waals surface area contributed by atoms with Gasteiger partial charge in [0.15, 0.2) is 0 Å². The predicted molar refractivity (Wildman–Crippen MR) is 121 cm³/mol. The Morgan fingerprint density at radius 1 is 1.12 bits per heavy atom. The van der Waals surface area contributed by atoms with Crippen LogP contribution in [0.3, 0.4) is 0 Å². The molecule has 168 valence electrons. The van der Waals surface area contributed by atoms with Gasteiger partial charge in [-0.15, -0.1) is 0 Å². The van der Waals surface area contributed by atoms with Crippen molar-refractivity contribution in [2.45, 2.75) is 18.4 Å². The van der Waals surface area contributed by atoms with Crippen LogP contribution in [0.25, 0.3) is 5.69 Å². The lowest BCUT2D eigenvalue weighted by molar-refractivity contribution is -0.140. The molecule has 1 heterocycles. The monoisotopic (exact) mass is 495 g/mol. The second-order valence-corrected chi connectivity index (χ2v) is 9.52. The number of aryl methyl sites for hydroxylation is 1. The van der Waals surface area contributed by atoms with E-state index in [0.29, 0.717) is 5.69 Å². The van der Waals surface area contributed by atoms with E-state index in [1.165, 1.54) is 37.6 Å². The van der Waals surface area contributed by atoms with Crippen LogP contribution >= 0.6 is 23.2 Å². The molecule has 0 aliphatic rings. The third-order valence-electron chi connectivity index (χ3n) is 4.74. The Balaban J connectivity index is 1.97. The summed E-state index contributed by atoms with van der Waals surface area (Å²) in [6.45, 7) is 1.39. The van der Waals surface area contributed by atoms with Crippen molar-refractivity contribution < 1.29 is 17.9 Å². The highest BCUT2D eigenvalue weighted by Crippen LogP contribution is 2.22. The SMILES string of the molecule is COC(=O)CN(Cc1ccccc1C)S(=O)(=O)c1ccc(-n2ncc(Cl)c(Cl)c2=O)cc1. The molecule has 0 bridgehead atoms. The van der Waals surface area contributed by atoms with Crippen LogP contribution in [0.15, 0.2) is 64.4 Å².